The van der Waals surface area contributed by atoms with Crippen LogP contribution in [-0.4, -0.2) is 132 Å². The number of piperidine rings is 2. The Labute approximate surface area is 364 Å². The van der Waals surface area contributed by atoms with Gasteiger partial charge in [-0.2, -0.15) is 0 Å². The summed E-state index contributed by atoms with van der Waals surface area (Å²) in [6, 6.07) is 16.2. The molecule has 3 fully saturated rings. The van der Waals surface area contributed by atoms with Gasteiger partial charge in [0.2, 0.25) is 11.8 Å². The summed E-state index contributed by atoms with van der Waals surface area (Å²) in [5.74, 6) is 2.28. The van der Waals surface area contributed by atoms with E-state index < -0.39 is 23.6 Å². The number of aliphatic hydroxyl groups is 1. The lowest BCUT2D eigenvalue weighted by molar-refractivity contribution is -0.137. The third-order valence-electron chi connectivity index (χ3n) is 13.7. The van der Waals surface area contributed by atoms with Crippen LogP contribution in [0.25, 0.3) is 22.3 Å². The number of carbonyl (C=O) groups excluding carboxylic acids is 3. The summed E-state index contributed by atoms with van der Waals surface area (Å²) in [5, 5.41) is 37.2. The molecular weight excluding hydrogens is 783 g/mol. The largest absolute Gasteiger partial charge is 0.507 e. The predicted molar refractivity (Wildman–Crippen MR) is 238 cm³/mol. The summed E-state index contributed by atoms with van der Waals surface area (Å²) in [5.41, 5.74) is 5.69. The van der Waals surface area contributed by atoms with Crippen LogP contribution in [0.15, 0.2) is 54.6 Å². The lowest BCUT2D eigenvalue weighted by atomic mass is 9.85. The minimum absolute atomic E-state index is 0.0568. The van der Waals surface area contributed by atoms with Crippen molar-refractivity contribution in [3.05, 3.63) is 77.0 Å². The number of para-hydroxylation sites is 1. The first-order valence-electron chi connectivity index (χ1n) is 22.3. The Morgan fingerprint density at radius 3 is 2.37 bits per heavy atom. The van der Waals surface area contributed by atoms with Crippen molar-refractivity contribution < 1.29 is 24.6 Å². The molecule has 4 aromatic rings. The first kappa shape index (κ1) is 43.2. The molecule has 328 valence electrons. The Bertz CT molecular complexity index is 2300. The number of fused-ring (bicyclic) bond motifs is 3. The smallest absolute Gasteiger partial charge is 0.318 e. The number of urea groups is 1. The molecular formula is C48H61N9O5. The van der Waals surface area contributed by atoms with Crippen molar-refractivity contribution in [3.63, 3.8) is 0 Å². The molecule has 5 N–H and O–H groups in total. The number of rotatable bonds is 9. The van der Waals surface area contributed by atoms with E-state index in [1.54, 1.807) is 17.0 Å². The van der Waals surface area contributed by atoms with Gasteiger partial charge in [0.15, 0.2) is 5.65 Å². The minimum atomic E-state index is -0.831. The molecule has 14 nitrogen and oxygen atoms in total. The number of aromatic hydroxyl groups is 1. The Morgan fingerprint density at radius 2 is 1.68 bits per heavy atom. The first-order valence-corrected chi connectivity index (χ1v) is 22.3. The maximum Gasteiger partial charge on any atom is 0.318 e. The van der Waals surface area contributed by atoms with Crippen molar-refractivity contribution in [2.75, 3.05) is 39.3 Å². The Kier molecular flexibility index (Phi) is 12.6. The molecule has 0 radical (unpaired) electrons. The fourth-order valence-electron chi connectivity index (χ4n) is 10.3. The number of hydrogen-bond donors (Lipinski definition) is 5. The minimum Gasteiger partial charge on any atom is -0.507 e. The molecule has 3 saturated heterocycles. The second-order valence-corrected chi connectivity index (χ2v) is 18.8. The van der Waals surface area contributed by atoms with Gasteiger partial charge < -0.3 is 40.5 Å². The van der Waals surface area contributed by atoms with E-state index in [0.29, 0.717) is 49.4 Å². The number of aromatic amines is 1. The molecule has 2 aromatic heterocycles. The van der Waals surface area contributed by atoms with Gasteiger partial charge in [-0.05, 0) is 99.0 Å². The molecule has 6 heterocycles. The number of aromatic nitrogens is 3. The lowest BCUT2D eigenvalue weighted by Gasteiger charge is -2.46. The molecule has 0 spiro atoms. The summed E-state index contributed by atoms with van der Waals surface area (Å²) >= 11 is 0. The molecule has 14 heteroatoms. The number of phenolic OH excluding ortho intramolecular Hbond substituents is 1. The molecule has 0 unspecified atom stereocenters. The molecule has 0 bridgehead atoms. The molecule has 0 saturated carbocycles. The maximum absolute atomic E-state index is 14.2. The monoisotopic (exact) mass is 843 g/mol. The average Bonchev–Trinajstić information content (AvgIpc) is 3.84. The van der Waals surface area contributed by atoms with Crippen LogP contribution in [0.4, 0.5) is 4.79 Å². The third kappa shape index (κ3) is 9.16. The number of amides is 4. The number of terminal acetylenes is 1. The van der Waals surface area contributed by atoms with E-state index in [1.165, 1.54) is 11.3 Å². The molecule has 4 atom stereocenters. The van der Waals surface area contributed by atoms with Crippen LogP contribution < -0.4 is 10.6 Å². The highest BCUT2D eigenvalue weighted by molar-refractivity contribution is 5.89. The third-order valence-corrected chi connectivity index (χ3v) is 13.7. The highest BCUT2D eigenvalue weighted by Crippen LogP contribution is 2.39. The van der Waals surface area contributed by atoms with Crippen molar-refractivity contribution in [3.8, 4) is 29.4 Å². The molecule has 4 amide bonds. The van der Waals surface area contributed by atoms with E-state index in [2.05, 4.69) is 54.5 Å². The number of benzene rings is 2. The van der Waals surface area contributed by atoms with Crippen molar-refractivity contribution >= 4 is 28.9 Å². The Hall–Kier alpha value is -5.49. The van der Waals surface area contributed by atoms with Gasteiger partial charge in [-0.25, -0.2) is 4.79 Å². The lowest BCUT2D eigenvalue weighted by Crippen LogP contribution is -2.59. The average molecular weight is 844 g/mol. The van der Waals surface area contributed by atoms with Crippen molar-refractivity contribution in [1.29, 1.82) is 0 Å². The van der Waals surface area contributed by atoms with Crippen LogP contribution in [-0.2, 0) is 22.6 Å². The van der Waals surface area contributed by atoms with Gasteiger partial charge in [-0.3, -0.25) is 14.5 Å². The summed E-state index contributed by atoms with van der Waals surface area (Å²) in [6.45, 7) is 12.7. The predicted octanol–water partition coefficient (Wildman–Crippen LogP) is 4.95. The van der Waals surface area contributed by atoms with E-state index in [-0.39, 0.29) is 42.6 Å². The van der Waals surface area contributed by atoms with Crippen LogP contribution >= 0.6 is 0 Å². The molecule has 62 heavy (non-hydrogen) atoms. The first-order chi connectivity index (χ1) is 29.8. The number of aliphatic hydroxyl groups excluding tert-OH is 1. The fraction of sp³-hybridized carbons (Fsp3) is 0.521. The second-order valence-electron chi connectivity index (χ2n) is 18.8. The van der Waals surface area contributed by atoms with Gasteiger partial charge in [0, 0.05) is 91.9 Å². The van der Waals surface area contributed by atoms with Crippen molar-refractivity contribution in [1.82, 2.24) is 45.4 Å². The zero-order valence-electron chi connectivity index (χ0n) is 36.4. The summed E-state index contributed by atoms with van der Waals surface area (Å²) in [6.07, 6.45) is 9.88. The van der Waals surface area contributed by atoms with Gasteiger partial charge in [0.1, 0.15) is 11.8 Å². The Balaban J connectivity index is 0.826. The van der Waals surface area contributed by atoms with Gasteiger partial charge in [-0.1, -0.05) is 51.0 Å². The number of β-amino-alcohol motifs (C(OH)–C–C–N with tert-alkyl or cyclic N) is 1. The van der Waals surface area contributed by atoms with Crippen LogP contribution in [0.1, 0.15) is 94.6 Å². The number of carbonyl (C=O) groups is 3. The standard InChI is InChI=1S/C48H61N9O5/c1-6-31-11-13-32(14-12-31)28-49-42(60)26-35-25-36(58)29-57(35)46(61)44(48(3,4)5)51-47(62)55-22-15-33(16-23-55)54-20-17-34(18-21-54)56-24-19-39-43(30(56)2)38-27-40(52-53-45(38)50-39)37-9-7-8-10-41(37)59/h1,7-14,27,30,33-36,44,58-59H,15-26,28-29H2,2-5H3,(H,49,60)(H,50,53)(H,51,62)/t30-,35+,36-,44-/m1/s1. The van der Waals surface area contributed by atoms with E-state index in [0.717, 1.165) is 73.9 Å². The van der Waals surface area contributed by atoms with Crippen LogP contribution in [0.5, 0.6) is 5.75 Å². The van der Waals surface area contributed by atoms with Gasteiger partial charge in [-0.15, -0.1) is 16.6 Å². The van der Waals surface area contributed by atoms with Gasteiger partial charge in [0.25, 0.3) is 0 Å². The molecule has 0 aliphatic carbocycles. The maximum atomic E-state index is 14.2. The number of likely N-dealkylation sites (tertiary alicyclic amines) is 3. The number of nitrogens with one attached hydrogen (secondary N) is 3. The number of H-pyrrole nitrogens is 1. The van der Waals surface area contributed by atoms with Crippen LogP contribution in [0, 0.1) is 17.8 Å². The van der Waals surface area contributed by atoms with Crippen molar-refractivity contribution in [2.24, 2.45) is 5.41 Å². The number of phenols is 1. The van der Waals surface area contributed by atoms with Gasteiger partial charge in [0.05, 0.1) is 11.8 Å². The summed E-state index contributed by atoms with van der Waals surface area (Å²) in [7, 11) is 0. The van der Waals surface area contributed by atoms with Crippen molar-refractivity contribution in [2.45, 2.75) is 115 Å². The van der Waals surface area contributed by atoms with E-state index >= 15 is 0 Å². The van der Waals surface area contributed by atoms with E-state index in [4.69, 9.17) is 6.42 Å². The fourth-order valence-corrected chi connectivity index (χ4v) is 10.3. The summed E-state index contributed by atoms with van der Waals surface area (Å²) in [4.78, 5) is 53.3. The normalized spacial score (nSPS) is 22.3. The van der Waals surface area contributed by atoms with E-state index in [9.17, 15) is 24.6 Å². The van der Waals surface area contributed by atoms with Crippen LogP contribution in [0.3, 0.4) is 0 Å². The van der Waals surface area contributed by atoms with Gasteiger partial charge >= 0.3 is 6.03 Å². The molecule has 2 aromatic carbocycles. The molecule has 4 aliphatic heterocycles. The van der Waals surface area contributed by atoms with Crippen LogP contribution in [0.2, 0.25) is 0 Å². The molecule has 4 aliphatic rings. The second kappa shape index (κ2) is 18.1. The summed E-state index contributed by atoms with van der Waals surface area (Å²) < 4.78 is 0. The zero-order valence-corrected chi connectivity index (χ0v) is 36.4. The highest BCUT2D eigenvalue weighted by Gasteiger charge is 2.43. The quantitative estimate of drug-likeness (QED) is 0.146. The highest BCUT2D eigenvalue weighted by atomic mass is 16.3. The topological polar surface area (TPSA) is 170 Å². The van der Waals surface area contributed by atoms with E-state index in [1.807, 2.05) is 62.1 Å². The number of nitrogens with zero attached hydrogens (tertiary/aromatic N) is 6. The SMILES string of the molecule is C#Cc1ccc(CNC(=O)C[C@@H]2C[C@@H](O)CN2C(=O)[C@@H](NC(=O)N2CCC(N3CCC(N4CCc5[nH]c6nnc(-c7ccccc7O)cc6c5[C@H]4C)CC3)CC2)C(C)(C)C)cc1. The zero-order chi connectivity index (χ0) is 43.7. The number of hydrogen-bond acceptors (Lipinski definition) is 9. The Morgan fingerprint density at radius 1 is 0.968 bits per heavy atom. The molecule has 8 rings (SSSR count).